The molecule has 3 aliphatic heterocycles. The normalized spacial score (nSPS) is 45.4. The summed E-state index contributed by atoms with van der Waals surface area (Å²) in [5.41, 5.74) is 5.82. The lowest BCUT2D eigenvalue weighted by atomic mass is 9.89. The number of aliphatic hydroxyl groups excluding tert-OH is 10. The Bertz CT molecular complexity index is 891. The van der Waals surface area contributed by atoms with Crippen molar-refractivity contribution in [3.05, 3.63) is 0 Å². The van der Waals surface area contributed by atoms with E-state index in [9.17, 15) is 55.9 Å². The van der Waals surface area contributed by atoms with Gasteiger partial charge in [0.1, 0.15) is 67.1 Å². The lowest BCUT2D eigenvalue weighted by molar-refractivity contribution is -0.366. The Balaban J connectivity index is 1.76. The van der Waals surface area contributed by atoms with E-state index >= 15 is 0 Å². The second kappa shape index (κ2) is 15.6. The number of nitrogens with two attached hydrogens (primary N) is 1. The van der Waals surface area contributed by atoms with Crippen molar-refractivity contribution in [3.8, 4) is 0 Å². The van der Waals surface area contributed by atoms with Gasteiger partial charge in [-0.1, -0.05) is 0 Å². The summed E-state index contributed by atoms with van der Waals surface area (Å²) in [5, 5.41) is 112. The molecule has 3 rings (SSSR count). The maximum absolute atomic E-state index is 12.2. The summed E-state index contributed by atoms with van der Waals surface area (Å²) in [6.45, 7) is -2.58. The second-order valence-electron chi connectivity index (χ2n) is 10.5. The monoisotopic (exact) mass is 651 g/mol. The van der Waals surface area contributed by atoms with Crippen molar-refractivity contribution < 1.29 is 89.4 Å². The van der Waals surface area contributed by atoms with Crippen molar-refractivity contribution in [2.24, 2.45) is 5.73 Å². The van der Waals surface area contributed by atoms with Crippen LogP contribution >= 0.6 is 12.6 Å². The third-order valence-corrected chi connectivity index (χ3v) is 7.69. The molecular weight excluding hydrogens is 610 g/mol. The van der Waals surface area contributed by atoms with Gasteiger partial charge >= 0.3 is 5.97 Å². The standard InChI is InChI=1S/C23H41NO18S/c24-11-7(27)3-23(22(35)36,42-19(11)12(29)8(28)4-25)38-6-10-13(30)14(31)16(33)21(40-10)41-18-9(5-26)39-20(37-1-2-43)17(34)15(18)32/h7-21,25-34,43H,1-6,24H2,(H,35,36)/t7?,8?,9?,10?,11?,12?,13?,14?,15?,16-,17?,18?,19?,20?,21?,23?/m0/s1. The molecule has 3 heterocycles. The van der Waals surface area contributed by atoms with E-state index < -0.39 is 130 Å². The molecule has 0 aliphatic carbocycles. The average Bonchev–Trinajstić information content (AvgIpc) is 2.99. The number of ether oxygens (including phenoxy) is 6. The van der Waals surface area contributed by atoms with Crippen molar-refractivity contribution in [2.45, 2.75) is 104 Å². The predicted molar refractivity (Wildman–Crippen MR) is 138 cm³/mol. The molecule has 13 N–H and O–H groups in total. The summed E-state index contributed by atoms with van der Waals surface area (Å²) in [4.78, 5) is 12.2. The molecule has 0 aromatic heterocycles. The fourth-order valence-corrected chi connectivity index (χ4v) is 5.06. The zero-order valence-corrected chi connectivity index (χ0v) is 23.6. The van der Waals surface area contributed by atoms with Crippen molar-refractivity contribution in [3.63, 3.8) is 0 Å². The Morgan fingerprint density at radius 2 is 1.58 bits per heavy atom. The van der Waals surface area contributed by atoms with E-state index in [-0.39, 0.29) is 12.4 Å². The fourth-order valence-electron chi connectivity index (χ4n) is 4.96. The molecule has 0 amide bonds. The molecule has 16 atom stereocenters. The molecule has 19 nitrogen and oxygen atoms in total. The number of carboxylic acid groups (broad SMARTS) is 1. The Hall–Kier alpha value is -0.860. The zero-order chi connectivity index (χ0) is 32.2. The van der Waals surface area contributed by atoms with Crippen LogP contribution in [0.25, 0.3) is 0 Å². The van der Waals surface area contributed by atoms with Crippen LogP contribution < -0.4 is 5.73 Å². The minimum Gasteiger partial charge on any atom is -0.477 e. The fraction of sp³-hybridized carbons (Fsp3) is 0.957. The van der Waals surface area contributed by atoms with Gasteiger partial charge in [0.15, 0.2) is 12.6 Å². The Morgan fingerprint density at radius 3 is 2.16 bits per heavy atom. The molecule has 0 saturated carbocycles. The molecule has 0 aromatic carbocycles. The van der Waals surface area contributed by atoms with E-state index in [1.807, 2.05) is 0 Å². The second-order valence-corrected chi connectivity index (χ2v) is 10.9. The van der Waals surface area contributed by atoms with Gasteiger partial charge < -0.3 is 90.3 Å². The molecule has 43 heavy (non-hydrogen) atoms. The van der Waals surface area contributed by atoms with Crippen LogP contribution in [0.3, 0.4) is 0 Å². The lowest BCUT2D eigenvalue weighted by Crippen LogP contribution is -2.67. The van der Waals surface area contributed by atoms with Crippen LogP contribution in [0.2, 0.25) is 0 Å². The van der Waals surface area contributed by atoms with Gasteiger partial charge in [-0.2, -0.15) is 12.6 Å². The van der Waals surface area contributed by atoms with E-state index in [0.29, 0.717) is 0 Å². The highest BCUT2D eigenvalue weighted by molar-refractivity contribution is 7.80. The number of aliphatic carboxylic acids is 1. The topological polar surface area (TPSA) is 321 Å². The van der Waals surface area contributed by atoms with Crippen LogP contribution in [0.4, 0.5) is 0 Å². The summed E-state index contributed by atoms with van der Waals surface area (Å²) >= 11 is 3.97. The van der Waals surface area contributed by atoms with Gasteiger partial charge in [0, 0.05) is 12.2 Å². The van der Waals surface area contributed by atoms with Crippen molar-refractivity contribution in [2.75, 3.05) is 32.2 Å². The zero-order valence-electron chi connectivity index (χ0n) is 22.7. The molecule has 3 aliphatic rings. The van der Waals surface area contributed by atoms with E-state index in [1.165, 1.54) is 0 Å². The van der Waals surface area contributed by atoms with Gasteiger partial charge in [0.05, 0.1) is 38.6 Å². The maximum Gasteiger partial charge on any atom is 0.364 e. The van der Waals surface area contributed by atoms with Crippen LogP contribution in [0, 0.1) is 0 Å². The first-order chi connectivity index (χ1) is 20.2. The Kier molecular flexibility index (Phi) is 13.3. The highest BCUT2D eigenvalue weighted by Gasteiger charge is 2.56. The molecule has 15 unspecified atom stereocenters. The summed E-state index contributed by atoms with van der Waals surface area (Å²) in [6.07, 6.45) is -25.1. The third kappa shape index (κ3) is 7.93. The molecule has 3 fully saturated rings. The average molecular weight is 652 g/mol. The molecule has 0 spiro atoms. The van der Waals surface area contributed by atoms with Gasteiger partial charge in [-0.05, 0) is 0 Å². The maximum atomic E-state index is 12.2. The van der Waals surface area contributed by atoms with E-state index in [2.05, 4.69) is 12.6 Å². The van der Waals surface area contributed by atoms with Crippen LogP contribution in [0.15, 0.2) is 0 Å². The number of aliphatic hydroxyl groups is 10. The lowest BCUT2D eigenvalue weighted by Gasteiger charge is -2.47. The van der Waals surface area contributed by atoms with E-state index in [0.717, 1.165) is 0 Å². The Labute approximate surface area is 250 Å². The Morgan fingerprint density at radius 1 is 0.953 bits per heavy atom. The molecular formula is C23H41NO18S. The summed E-state index contributed by atoms with van der Waals surface area (Å²) in [6, 6.07) is -1.42. The van der Waals surface area contributed by atoms with E-state index in [4.69, 9.17) is 39.3 Å². The predicted octanol–water partition coefficient (Wildman–Crippen LogP) is -7.45. The number of rotatable bonds is 13. The van der Waals surface area contributed by atoms with Gasteiger partial charge in [-0.15, -0.1) is 0 Å². The van der Waals surface area contributed by atoms with Crippen LogP contribution in [0.1, 0.15) is 6.42 Å². The van der Waals surface area contributed by atoms with Crippen LogP contribution in [-0.4, -0.2) is 192 Å². The molecule has 0 radical (unpaired) electrons. The first kappa shape index (κ1) is 36.6. The smallest absolute Gasteiger partial charge is 0.364 e. The van der Waals surface area contributed by atoms with Crippen molar-refractivity contribution in [1.29, 1.82) is 0 Å². The van der Waals surface area contributed by atoms with Crippen LogP contribution in [0.5, 0.6) is 0 Å². The minimum atomic E-state index is -2.74. The number of carboxylic acids is 1. The minimum absolute atomic E-state index is 0.0314. The number of hydrogen-bond donors (Lipinski definition) is 13. The van der Waals surface area contributed by atoms with Gasteiger partial charge in [-0.25, -0.2) is 4.79 Å². The van der Waals surface area contributed by atoms with Crippen molar-refractivity contribution >= 4 is 18.6 Å². The molecule has 0 bridgehead atoms. The largest absolute Gasteiger partial charge is 0.477 e. The highest BCUT2D eigenvalue weighted by Crippen LogP contribution is 2.35. The number of carbonyl (C=O) groups is 1. The summed E-state index contributed by atoms with van der Waals surface area (Å²) < 4.78 is 32.6. The van der Waals surface area contributed by atoms with Crippen molar-refractivity contribution in [1.82, 2.24) is 0 Å². The van der Waals surface area contributed by atoms with Gasteiger partial charge in [0.2, 0.25) is 0 Å². The molecule has 252 valence electrons. The quantitative estimate of drug-likeness (QED) is 0.0822. The highest BCUT2D eigenvalue weighted by atomic mass is 32.1. The SMILES string of the molecule is NC1C(O)CC(OCC2OC(OC3C(CO)OC(OCCS)C(O)C3O)[C@@H](O)C(O)C2O)(C(=O)O)OC1C(O)C(O)CO. The van der Waals surface area contributed by atoms with Gasteiger partial charge in [0.25, 0.3) is 5.79 Å². The number of hydrogen-bond acceptors (Lipinski definition) is 19. The third-order valence-electron chi connectivity index (χ3n) is 7.51. The molecule has 0 aromatic rings. The van der Waals surface area contributed by atoms with Crippen LogP contribution in [-0.2, 0) is 33.2 Å². The first-order valence-electron chi connectivity index (χ1n) is 13.4. The summed E-state index contributed by atoms with van der Waals surface area (Å²) in [7, 11) is 0. The van der Waals surface area contributed by atoms with Gasteiger partial charge in [-0.3, -0.25) is 0 Å². The van der Waals surface area contributed by atoms with E-state index in [1.54, 1.807) is 0 Å². The molecule has 20 heteroatoms. The first-order valence-corrected chi connectivity index (χ1v) is 14.0. The molecule has 3 saturated heterocycles. The number of thiol groups is 1. The summed E-state index contributed by atoms with van der Waals surface area (Å²) in [5.74, 6) is -4.30.